The summed E-state index contributed by atoms with van der Waals surface area (Å²) >= 11 is 0. The molecule has 0 aromatic rings. The van der Waals surface area contributed by atoms with Gasteiger partial charge in [-0.15, -0.1) is 0 Å². The second kappa shape index (κ2) is 17.6. The van der Waals surface area contributed by atoms with Crippen LogP contribution in [0.1, 0.15) is 105 Å². The number of phosphoric ester groups is 2. The van der Waals surface area contributed by atoms with E-state index >= 15 is 0 Å². The second-order valence-corrected chi connectivity index (χ2v) is 11.4. The molecule has 0 rings (SSSR count). The second-order valence-electron chi connectivity index (χ2n) is 8.98. The predicted molar refractivity (Wildman–Crippen MR) is 130 cm³/mol. The van der Waals surface area contributed by atoms with Crippen LogP contribution >= 0.6 is 15.6 Å². The Morgan fingerprint density at radius 2 is 1.30 bits per heavy atom. The van der Waals surface area contributed by atoms with Crippen molar-refractivity contribution in [2.75, 3.05) is 19.8 Å². The third-order valence-corrected chi connectivity index (χ3v) is 7.82. The quantitative estimate of drug-likeness (QED) is 0.101. The van der Waals surface area contributed by atoms with Gasteiger partial charge in [-0.2, -0.15) is 0 Å². The van der Waals surface area contributed by atoms with Crippen molar-refractivity contribution in [2.45, 2.75) is 111 Å². The van der Waals surface area contributed by atoms with Crippen molar-refractivity contribution >= 4 is 15.6 Å². The van der Waals surface area contributed by atoms with E-state index in [1.165, 1.54) is 0 Å². The molecule has 11 heteroatoms. The predicted octanol–water partition coefficient (Wildman–Crippen LogP) is 5.95. The lowest BCUT2D eigenvalue weighted by Crippen LogP contribution is -2.20. The number of hydrogen-bond donors (Lipinski definition) is 4. The molecule has 0 aliphatic heterocycles. The first-order valence-electron chi connectivity index (χ1n) is 12.4. The highest BCUT2D eigenvalue weighted by Crippen LogP contribution is 2.41. The van der Waals surface area contributed by atoms with E-state index in [9.17, 15) is 18.9 Å². The molecule has 9 nitrogen and oxygen atoms in total. The van der Waals surface area contributed by atoms with E-state index in [0.29, 0.717) is 38.4 Å². The normalized spacial score (nSPS) is 14.2. The third kappa shape index (κ3) is 18.2. The molecule has 0 amide bonds. The standard InChI is InChI=1S/C22H48O9P2/c1-5-20(6-2)19-21(31-33(26,27)28)13-18-29-16-11-9-14-22(7-3,8-4)15-10-12-17-30-32(23,24)25/h20-21H,5-19H2,1-4H3,(H2,23,24,25)(H2,26,27,28). The Labute approximate surface area is 200 Å². The maximum Gasteiger partial charge on any atom is 0.469 e. The van der Waals surface area contributed by atoms with Crippen LogP contribution in [0.2, 0.25) is 0 Å². The molecule has 0 heterocycles. The maximum atomic E-state index is 11.3. The van der Waals surface area contributed by atoms with Crippen LogP contribution in [0.25, 0.3) is 0 Å². The highest BCUT2D eigenvalue weighted by Gasteiger charge is 2.26. The van der Waals surface area contributed by atoms with Gasteiger partial charge in [0.1, 0.15) is 0 Å². The summed E-state index contributed by atoms with van der Waals surface area (Å²) in [6, 6.07) is 0. The third-order valence-electron chi connectivity index (χ3n) is 6.73. The number of unbranched alkanes of at least 4 members (excludes halogenated alkanes) is 2. The Bertz CT molecular complexity index is 568. The Hall–Kier alpha value is 0.180. The van der Waals surface area contributed by atoms with E-state index in [0.717, 1.165) is 57.8 Å². The van der Waals surface area contributed by atoms with Crippen molar-refractivity contribution in [3.05, 3.63) is 0 Å². The van der Waals surface area contributed by atoms with Crippen LogP contribution in [0.5, 0.6) is 0 Å². The van der Waals surface area contributed by atoms with Crippen LogP contribution in [0, 0.1) is 11.3 Å². The molecule has 0 saturated carbocycles. The van der Waals surface area contributed by atoms with Gasteiger partial charge in [0.2, 0.25) is 0 Å². The molecule has 4 N–H and O–H groups in total. The van der Waals surface area contributed by atoms with Gasteiger partial charge in [0.25, 0.3) is 0 Å². The number of phosphoric acid groups is 2. The van der Waals surface area contributed by atoms with Crippen molar-refractivity contribution in [3.8, 4) is 0 Å². The summed E-state index contributed by atoms with van der Waals surface area (Å²) in [5.41, 5.74) is 0.222. The largest absolute Gasteiger partial charge is 0.469 e. The Morgan fingerprint density at radius 1 is 0.758 bits per heavy atom. The summed E-state index contributed by atoms with van der Waals surface area (Å²) in [4.78, 5) is 35.9. The van der Waals surface area contributed by atoms with Crippen LogP contribution in [0.4, 0.5) is 0 Å². The Morgan fingerprint density at radius 3 is 1.76 bits per heavy atom. The van der Waals surface area contributed by atoms with Crippen molar-refractivity contribution in [1.82, 2.24) is 0 Å². The minimum Gasteiger partial charge on any atom is -0.381 e. The molecule has 1 atom stereocenters. The first kappa shape index (κ1) is 33.2. The molecule has 0 spiro atoms. The molecule has 0 fully saturated rings. The van der Waals surface area contributed by atoms with Crippen LogP contribution in [0.15, 0.2) is 0 Å². The zero-order valence-corrected chi connectivity index (χ0v) is 22.8. The Balaban J connectivity index is 4.25. The van der Waals surface area contributed by atoms with Crippen molar-refractivity contribution in [3.63, 3.8) is 0 Å². The highest BCUT2D eigenvalue weighted by molar-refractivity contribution is 7.46. The van der Waals surface area contributed by atoms with Gasteiger partial charge in [-0.1, -0.05) is 66.2 Å². The first-order valence-corrected chi connectivity index (χ1v) is 15.5. The fourth-order valence-corrected chi connectivity index (χ4v) is 5.24. The fraction of sp³-hybridized carbons (Fsp3) is 1.00. The molecular formula is C22H48O9P2. The van der Waals surface area contributed by atoms with Gasteiger partial charge in [0.05, 0.1) is 12.7 Å². The van der Waals surface area contributed by atoms with E-state index in [4.69, 9.17) is 19.0 Å². The lowest BCUT2D eigenvalue weighted by Gasteiger charge is -2.32. The summed E-state index contributed by atoms with van der Waals surface area (Å²) in [6.07, 6.45) is 10.1. The average molecular weight is 519 g/mol. The molecular weight excluding hydrogens is 470 g/mol. The molecule has 0 aromatic heterocycles. The minimum atomic E-state index is -4.52. The molecule has 0 aromatic carbocycles. The lowest BCUT2D eigenvalue weighted by atomic mass is 9.74. The molecule has 1 unspecified atom stereocenters. The van der Waals surface area contributed by atoms with Gasteiger partial charge >= 0.3 is 15.6 Å². The van der Waals surface area contributed by atoms with E-state index in [2.05, 4.69) is 32.2 Å². The molecule has 0 aliphatic rings. The fourth-order valence-electron chi connectivity index (χ4n) is 4.29. The van der Waals surface area contributed by atoms with E-state index in [-0.39, 0.29) is 12.0 Å². The monoisotopic (exact) mass is 518 g/mol. The zero-order valence-electron chi connectivity index (χ0n) is 21.0. The van der Waals surface area contributed by atoms with Crippen molar-refractivity contribution < 1.29 is 42.5 Å². The number of ether oxygens (including phenoxy) is 1. The maximum absolute atomic E-state index is 11.3. The molecule has 0 saturated heterocycles. The van der Waals surface area contributed by atoms with Crippen molar-refractivity contribution in [1.29, 1.82) is 0 Å². The first-order chi connectivity index (χ1) is 15.4. The molecule has 0 radical (unpaired) electrons. The summed E-state index contributed by atoms with van der Waals surface area (Å²) in [6.45, 7) is 9.61. The van der Waals surface area contributed by atoms with Gasteiger partial charge < -0.3 is 24.3 Å². The summed E-state index contributed by atoms with van der Waals surface area (Å²) in [7, 11) is -8.90. The van der Waals surface area contributed by atoms with Crippen LogP contribution in [0.3, 0.4) is 0 Å². The van der Waals surface area contributed by atoms with E-state index in [1.807, 2.05) is 0 Å². The molecule has 0 aliphatic carbocycles. The highest BCUT2D eigenvalue weighted by atomic mass is 31.2. The lowest BCUT2D eigenvalue weighted by molar-refractivity contribution is 0.0598. The minimum absolute atomic E-state index is 0.0750. The summed E-state index contributed by atoms with van der Waals surface area (Å²) < 4.78 is 37.2. The number of rotatable bonds is 22. The van der Waals surface area contributed by atoms with E-state index in [1.54, 1.807) is 0 Å². The molecule has 0 bridgehead atoms. The van der Waals surface area contributed by atoms with Gasteiger partial charge in [-0.25, -0.2) is 9.13 Å². The Kier molecular flexibility index (Phi) is 17.7. The van der Waals surface area contributed by atoms with Crippen LogP contribution in [-0.4, -0.2) is 45.5 Å². The average Bonchev–Trinajstić information content (AvgIpc) is 2.73. The summed E-state index contributed by atoms with van der Waals surface area (Å²) in [5, 5.41) is 0. The van der Waals surface area contributed by atoms with Gasteiger partial charge in [-0.3, -0.25) is 9.05 Å². The summed E-state index contributed by atoms with van der Waals surface area (Å²) in [5.74, 6) is 0.376. The SMILES string of the molecule is CCC(CC)CC(CCOCCCCC(CC)(CC)CCCCOP(=O)(O)O)OP(=O)(O)O. The van der Waals surface area contributed by atoms with Gasteiger partial charge in [-0.05, 0) is 49.9 Å². The van der Waals surface area contributed by atoms with E-state index < -0.39 is 21.7 Å². The number of hydrogen-bond acceptors (Lipinski definition) is 5. The van der Waals surface area contributed by atoms with Gasteiger partial charge in [0.15, 0.2) is 0 Å². The van der Waals surface area contributed by atoms with Crippen molar-refractivity contribution in [2.24, 2.45) is 11.3 Å². The molecule has 33 heavy (non-hydrogen) atoms. The smallest absolute Gasteiger partial charge is 0.381 e. The topological polar surface area (TPSA) is 143 Å². The van der Waals surface area contributed by atoms with Crippen LogP contribution in [-0.2, 0) is 22.9 Å². The molecule has 200 valence electrons. The van der Waals surface area contributed by atoms with Crippen LogP contribution < -0.4 is 0 Å². The van der Waals surface area contributed by atoms with Gasteiger partial charge in [0, 0.05) is 13.2 Å². The zero-order chi connectivity index (χ0) is 25.4.